The van der Waals surface area contributed by atoms with Gasteiger partial charge in [-0.2, -0.15) is 0 Å². The molecule has 43 heavy (non-hydrogen) atoms. The lowest BCUT2D eigenvalue weighted by atomic mass is 10.0. The molecule has 202 valence electrons. The lowest BCUT2D eigenvalue weighted by Gasteiger charge is -2.12. The van der Waals surface area contributed by atoms with E-state index in [-0.39, 0.29) is 0 Å². The van der Waals surface area contributed by atoms with Crippen molar-refractivity contribution in [3.63, 3.8) is 0 Å². The Bertz CT molecular complexity index is 2150. The molecule has 3 heterocycles. The van der Waals surface area contributed by atoms with Gasteiger partial charge in [0.05, 0.1) is 22.4 Å². The highest BCUT2D eigenvalue weighted by Crippen LogP contribution is 2.33. The number of benzene rings is 5. The van der Waals surface area contributed by atoms with Gasteiger partial charge in [0, 0.05) is 45.5 Å². The van der Waals surface area contributed by atoms with Crippen LogP contribution in [0.25, 0.3) is 72.5 Å². The Kier molecular flexibility index (Phi) is 6.08. The number of pyridine rings is 1. The van der Waals surface area contributed by atoms with Crippen molar-refractivity contribution in [3.8, 4) is 50.7 Å². The van der Waals surface area contributed by atoms with Crippen molar-refractivity contribution in [1.29, 1.82) is 0 Å². The fourth-order valence-electron chi connectivity index (χ4n) is 5.81. The second kappa shape index (κ2) is 10.5. The maximum absolute atomic E-state index is 5.06. The average Bonchev–Trinajstić information content (AvgIpc) is 3.43. The van der Waals surface area contributed by atoms with E-state index in [0.717, 1.165) is 44.9 Å². The second-order valence-electron chi connectivity index (χ2n) is 10.6. The predicted octanol–water partition coefficient (Wildman–Crippen LogP) is 9.64. The molecule has 0 atom stereocenters. The van der Waals surface area contributed by atoms with Crippen LogP contribution in [0.5, 0.6) is 0 Å². The van der Waals surface area contributed by atoms with E-state index in [1.165, 1.54) is 21.8 Å². The molecule has 0 bridgehead atoms. The molecule has 8 rings (SSSR count). The molecule has 0 saturated carbocycles. The van der Waals surface area contributed by atoms with Crippen molar-refractivity contribution >= 4 is 21.8 Å². The van der Waals surface area contributed by atoms with Crippen LogP contribution in [-0.2, 0) is 0 Å². The smallest absolute Gasteiger partial charge is 0.160 e. The monoisotopic (exact) mass is 550 g/mol. The summed E-state index contributed by atoms with van der Waals surface area (Å²) in [5.74, 6) is 0.695. The van der Waals surface area contributed by atoms with E-state index in [9.17, 15) is 0 Å². The maximum Gasteiger partial charge on any atom is 0.160 e. The maximum atomic E-state index is 5.06. The highest BCUT2D eigenvalue weighted by molar-refractivity contribution is 6.09. The third-order valence-electron chi connectivity index (χ3n) is 7.94. The summed E-state index contributed by atoms with van der Waals surface area (Å²) in [7, 11) is 0. The summed E-state index contributed by atoms with van der Waals surface area (Å²) in [6.45, 7) is 0. The Hall–Kier alpha value is -5.87. The molecule has 0 spiro atoms. The molecule has 0 saturated heterocycles. The van der Waals surface area contributed by atoms with Crippen molar-refractivity contribution in [2.75, 3.05) is 0 Å². The van der Waals surface area contributed by atoms with E-state index in [4.69, 9.17) is 9.97 Å². The largest absolute Gasteiger partial charge is 0.309 e. The van der Waals surface area contributed by atoms with Gasteiger partial charge in [0.15, 0.2) is 5.82 Å². The Morgan fingerprint density at radius 2 is 0.953 bits per heavy atom. The molecule has 0 amide bonds. The Labute approximate surface area is 249 Å². The zero-order chi connectivity index (χ0) is 28.6. The number of hydrogen-bond acceptors (Lipinski definition) is 3. The van der Waals surface area contributed by atoms with Gasteiger partial charge < -0.3 is 4.57 Å². The summed E-state index contributed by atoms with van der Waals surface area (Å²) in [5.41, 5.74) is 10.5. The quantitative estimate of drug-likeness (QED) is 0.214. The topological polar surface area (TPSA) is 43.6 Å². The van der Waals surface area contributed by atoms with Crippen LogP contribution in [0.4, 0.5) is 0 Å². The summed E-state index contributed by atoms with van der Waals surface area (Å²) in [6.07, 6.45) is 3.67. The SMILES string of the molecule is c1ccc(-c2cc(-c3ccc(-n4c5ccccc5c5ccccc54)cc3)nc(-c3ccc(-c4cccnc4)cc3)n2)cc1. The van der Waals surface area contributed by atoms with E-state index in [0.29, 0.717) is 5.82 Å². The molecular weight excluding hydrogens is 524 g/mol. The number of rotatable bonds is 5. The summed E-state index contributed by atoms with van der Waals surface area (Å²) >= 11 is 0. The standard InChI is InChI=1S/C39H26N4/c1-2-9-28(10-3-1)35-25-36(42-39(41-35)30-18-16-27(17-19-30)31-11-8-24-40-26-31)29-20-22-32(23-21-29)43-37-14-6-4-12-33(37)34-13-5-7-15-38(34)43/h1-26H. The number of para-hydroxylation sites is 2. The molecule has 3 aromatic heterocycles. The third-order valence-corrected chi connectivity index (χ3v) is 7.94. The fourth-order valence-corrected chi connectivity index (χ4v) is 5.81. The minimum Gasteiger partial charge on any atom is -0.309 e. The van der Waals surface area contributed by atoms with Gasteiger partial charge in [0.1, 0.15) is 0 Å². The van der Waals surface area contributed by atoms with Gasteiger partial charge in [-0.3, -0.25) is 4.98 Å². The van der Waals surface area contributed by atoms with Crippen LogP contribution < -0.4 is 0 Å². The molecule has 0 fully saturated rings. The van der Waals surface area contributed by atoms with Crippen LogP contribution in [0.1, 0.15) is 0 Å². The lowest BCUT2D eigenvalue weighted by molar-refractivity contribution is 1.17. The van der Waals surface area contributed by atoms with Gasteiger partial charge in [-0.05, 0) is 47.5 Å². The van der Waals surface area contributed by atoms with Crippen molar-refractivity contribution in [2.24, 2.45) is 0 Å². The van der Waals surface area contributed by atoms with Crippen LogP contribution in [-0.4, -0.2) is 19.5 Å². The highest BCUT2D eigenvalue weighted by atomic mass is 15.0. The van der Waals surface area contributed by atoms with E-state index in [2.05, 4.69) is 131 Å². The highest BCUT2D eigenvalue weighted by Gasteiger charge is 2.14. The number of fused-ring (bicyclic) bond motifs is 3. The number of hydrogen-bond donors (Lipinski definition) is 0. The van der Waals surface area contributed by atoms with E-state index in [1.807, 2.05) is 30.5 Å². The molecule has 8 aromatic rings. The average molecular weight is 551 g/mol. The van der Waals surface area contributed by atoms with Crippen molar-refractivity contribution in [2.45, 2.75) is 0 Å². The van der Waals surface area contributed by atoms with Gasteiger partial charge in [0.2, 0.25) is 0 Å². The molecule has 5 aromatic carbocycles. The first-order valence-corrected chi connectivity index (χ1v) is 14.4. The van der Waals surface area contributed by atoms with Crippen LogP contribution in [0, 0.1) is 0 Å². The summed E-state index contributed by atoms with van der Waals surface area (Å²) in [6, 6.07) is 50.6. The Morgan fingerprint density at radius 3 is 1.58 bits per heavy atom. The van der Waals surface area contributed by atoms with Crippen LogP contribution in [0.3, 0.4) is 0 Å². The van der Waals surface area contributed by atoms with Crippen molar-refractivity contribution in [1.82, 2.24) is 19.5 Å². The van der Waals surface area contributed by atoms with Gasteiger partial charge in [-0.1, -0.05) is 109 Å². The Balaban J connectivity index is 1.22. The first kappa shape index (κ1) is 24.9. The molecule has 4 nitrogen and oxygen atoms in total. The molecule has 0 aliphatic rings. The summed E-state index contributed by atoms with van der Waals surface area (Å²) in [4.78, 5) is 14.3. The van der Waals surface area contributed by atoms with Crippen LogP contribution in [0.15, 0.2) is 158 Å². The van der Waals surface area contributed by atoms with E-state index >= 15 is 0 Å². The van der Waals surface area contributed by atoms with Gasteiger partial charge >= 0.3 is 0 Å². The summed E-state index contributed by atoms with van der Waals surface area (Å²) in [5, 5.41) is 2.51. The van der Waals surface area contributed by atoms with Crippen LogP contribution >= 0.6 is 0 Å². The second-order valence-corrected chi connectivity index (χ2v) is 10.6. The number of aromatic nitrogens is 4. The minimum absolute atomic E-state index is 0.695. The zero-order valence-electron chi connectivity index (χ0n) is 23.3. The van der Waals surface area contributed by atoms with E-state index in [1.54, 1.807) is 6.20 Å². The molecule has 4 heteroatoms. The fraction of sp³-hybridized carbons (Fsp3) is 0. The van der Waals surface area contributed by atoms with E-state index < -0.39 is 0 Å². The van der Waals surface area contributed by atoms with Crippen molar-refractivity contribution < 1.29 is 0 Å². The van der Waals surface area contributed by atoms with Gasteiger partial charge in [-0.25, -0.2) is 9.97 Å². The minimum atomic E-state index is 0.695. The lowest BCUT2D eigenvalue weighted by Crippen LogP contribution is -1.97. The van der Waals surface area contributed by atoms with Gasteiger partial charge in [0.25, 0.3) is 0 Å². The predicted molar refractivity (Wildman–Crippen MR) is 176 cm³/mol. The first-order chi connectivity index (χ1) is 21.3. The molecule has 0 aliphatic carbocycles. The molecule has 0 radical (unpaired) electrons. The first-order valence-electron chi connectivity index (χ1n) is 14.4. The normalized spacial score (nSPS) is 11.3. The third kappa shape index (κ3) is 4.55. The molecule has 0 aliphatic heterocycles. The van der Waals surface area contributed by atoms with Gasteiger partial charge in [-0.15, -0.1) is 0 Å². The summed E-state index contributed by atoms with van der Waals surface area (Å²) < 4.78 is 2.33. The number of nitrogens with zero attached hydrogens (tertiary/aromatic N) is 4. The zero-order valence-corrected chi connectivity index (χ0v) is 23.3. The van der Waals surface area contributed by atoms with Crippen LogP contribution in [0.2, 0.25) is 0 Å². The molecular formula is C39H26N4. The molecule has 0 N–H and O–H groups in total. The molecule has 0 unspecified atom stereocenters. The Morgan fingerprint density at radius 1 is 0.419 bits per heavy atom. The van der Waals surface area contributed by atoms with Crippen molar-refractivity contribution in [3.05, 3.63) is 158 Å².